The van der Waals surface area contributed by atoms with Crippen LogP contribution in [0.3, 0.4) is 0 Å². The third-order valence-electron chi connectivity index (χ3n) is 2.60. The number of alkyl halides is 6. The Labute approximate surface area is 108 Å². The first-order chi connectivity index (χ1) is 8.64. The zero-order valence-corrected chi connectivity index (χ0v) is 10.5. The molecule has 0 aliphatic heterocycles. The lowest BCUT2D eigenvalue weighted by molar-refractivity contribution is -0.292. The van der Waals surface area contributed by atoms with Crippen molar-refractivity contribution in [2.24, 2.45) is 5.92 Å². The second kappa shape index (κ2) is 7.63. The minimum Gasteiger partial charge on any atom is -0.313 e. The molecule has 0 aromatic rings. The third-order valence-corrected chi connectivity index (χ3v) is 2.60. The molecule has 0 aromatic carbocycles. The van der Waals surface area contributed by atoms with Gasteiger partial charge in [-0.15, -0.1) is 12.3 Å². The van der Waals surface area contributed by atoms with E-state index in [4.69, 9.17) is 6.42 Å². The van der Waals surface area contributed by atoms with Crippen LogP contribution in [-0.4, -0.2) is 24.9 Å². The zero-order chi connectivity index (χ0) is 15.1. The number of terminal acetylenes is 1. The number of nitrogens with one attached hydrogen (secondary N) is 1. The molecule has 0 aromatic heterocycles. The number of hydrogen-bond acceptors (Lipinski definition) is 1. The number of hydrogen-bond donors (Lipinski definition) is 1. The van der Waals surface area contributed by atoms with Crippen molar-refractivity contribution in [1.29, 1.82) is 0 Å². The summed E-state index contributed by atoms with van der Waals surface area (Å²) in [5, 5.41) is 2.33. The van der Waals surface area contributed by atoms with Gasteiger partial charge in [-0.05, 0) is 25.8 Å². The maximum absolute atomic E-state index is 12.6. The first kappa shape index (κ1) is 18.1. The number of unbranched alkanes of at least 4 members (excludes halogenated alkanes) is 1. The lowest BCUT2D eigenvalue weighted by Crippen LogP contribution is -2.51. The first-order valence-corrected chi connectivity index (χ1v) is 5.94. The van der Waals surface area contributed by atoms with Crippen molar-refractivity contribution in [2.75, 3.05) is 6.54 Å². The van der Waals surface area contributed by atoms with Crippen LogP contribution in [0.4, 0.5) is 26.3 Å². The molecule has 0 saturated carbocycles. The van der Waals surface area contributed by atoms with Crippen LogP contribution < -0.4 is 5.32 Å². The lowest BCUT2D eigenvalue weighted by atomic mass is 9.93. The highest BCUT2D eigenvalue weighted by molar-refractivity contribution is 4.89. The lowest BCUT2D eigenvalue weighted by Gasteiger charge is -2.31. The van der Waals surface area contributed by atoms with Crippen molar-refractivity contribution in [3.63, 3.8) is 0 Å². The molecular weight excluding hydrogens is 272 g/mol. The monoisotopic (exact) mass is 289 g/mol. The van der Waals surface area contributed by atoms with E-state index in [1.165, 1.54) is 0 Å². The fourth-order valence-corrected chi connectivity index (χ4v) is 1.78. The molecule has 0 fully saturated rings. The standard InChI is InChI=1S/C12H17F6N/c1-3-5-6-7-9(19-8-4-2)10(11(13,14)15)12(16,17)18/h1,9-10,19H,4-8H2,2H3. The third kappa shape index (κ3) is 6.71. The quantitative estimate of drug-likeness (QED) is 0.426. The van der Waals surface area contributed by atoms with Gasteiger partial charge in [-0.2, -0.15) is 26.3 Å². The largest absolute Gasteiger partial charge is 0.401 e. The summed E-state index contributed by atoms with van der Waals surface area (Å²) in [7, 11) is 0. The van der Waals surface area contributed by atoms with E-state index < -0.39 is 24.3 Å². The van der Waals surface area contributed by atoms with Crippen molar-refractivity contribution in [2.45, 2.75) is 51.0 Å². The van der Waals surface area contributed by atoms with Gasteiger partial charge in [0.15, 0.2) is 5.92 Å². The van der Waals surface area contributed by atoms with Gasteiger partial charge in [-0.1, -0.05) is 6.92 Å². The maximum atomic E-state index is 12.6. The van der Waals surface area contributed by atoms with Crippen LogP contribution in [0.5, 0.6) is 0 Å². The maximum Gasteiger partial charge on any atom is 0.401 e. The molecule has 0 spiro atoms. The Kier molecular flexibility index (Phi) is 7.27. The molecule has 0 aliphatic carbocycles. The Bertz CT molecular complexity index is 274. The minimum atomic E-state index is -5.32. The molecular formula is C12H17F6N. The summed E-state index contributed by atoms with van der Waals surface area (Å²) in [5.74, 6) is -1.15. The van der Waals surface area contributed by atoms with Crippen LogP contribution >= 0.6 is 0 Å². The smallest absolute Gasteiger partial charge is 0.313 e. The average Bonchev–Trinajstić information content (AvgIpc) is 2.21. The number of rotatable bonds is 7. The Hall–Kier alpha value is -0.900. The highest BCUT2D eigenvalue weighted by Gasteiger charge is 2.59. The summed E-state index contributed by atoms with van der Waals surface area (Å²) in [6.07, 6.45) is -5.21. The van der Waals surface area contributed by atoms with Crippen molar-refractivity contribution >= 4 is 0 Å². The average molecular weight is 289 g/mol. The van der Waals surface area contributed by atoms with Gasteiger partial charge in [0.1, 0.15) is 0 Å². The zero-order valence-electron chi connectivity index (χ0n) is 10.5. The van der Waals surface area contributed by atoms with Crippen molar-refractivity contribution in [3.05, 3.63) is 0 Å². The molecule has 7 heteroatoms. The van der Waals surface area contributed by atoms with E-state index in [1.54, 1.807) is 6.92 Å². The second-order valence-corrected chi connectivity index (χ2v) is 4.22. The summed E-state index contributed by atoms with van der Waals surface area (Å²) in [5.41, 5.74) is 0. The SMILES string of the molecule is C#CCCCC(NCCC)C(C(F)(F)F)C(F)(F)F. The summed E-state index contributed by atoms with van der Waals surface area (Å²) >= 11 is 0. The predicted molar refractivity (Wildman–Crippen MR) is 60.4 cm³/mol. The van der Waals surface area contributed by atoms with E-state index in [-0.39, 0.29) is 25.8 Å². The van der Waals surface area contributed by atoms with Crippen molar-refractivity contribution in [1.82, 2.24) is 5.32 Å². The molecule has 1 nitrogen and oxygen atoms in total. The van der Waals surface area contributed by atoms with E-state index >= 15 is 0 Å². The minimum absolute atomic E-state index is 0.101. The summed E-state index contributed by atoms with van der Waals surface area (Å²) in [6, 6.07) is -1.69. The molecule has 1 atom stereocenters. The Morgan fingerprint density at radius 3 is 2.00 bits per heavy atom. The van der Waals surface area contributed by atoms with Crippen molar-refractivity contribution in [3.8, 4) is 12.3 Å². The normalized spacial score (nSPS) is 14.5. The van der Waals surface area contributed by atoms with E-state index in [9.17, 15) is 26.3 Å². The van der Waals surface area contributed by atoms with Gasteiger partial charge >= 0.3 is 12.4 Å². The summed E-state index contributed by atoms with van der Waals surface area (Å²) in [4.78, 5) is 0. The molecule has 1 unspecified atom stereocenters. The van der Waals surface area contributed by atoms with E-state index in [0.29, 0.717) is 6.42 Å². The molecule has 1 N–H and O–H groups in total. The molecule has 112 valence electrons. The highest BCUT2D eigenvalue weighted by atomic mass is 19.4. The van der Waals surface area contributed by atoms with Crippen LogP contribution in [0.25, 0.3) is 0 Å². The van der Waals surface area contributed by atoms with Gasteiger partial charge in [0.25, 0.3) is 0 Å². The van der Waals surface area contributed by atoms with E-state index in [2.05, 4.69) is 11.2 Å². The first-order valence-electron chi connectivity index (χ1n) is 5.94. The fourth-order valence-electron chi connectivity index (χ4n) is 1.78. The molecule has 19 heavy (non-hydrogen) atoms. The summed E-state index contributed by atoms with van der Waals surface area (Å²) in [6.45, 7) is 1.77. The van der Waals surface area contributed by atoms with Crippen molar-refractivity contribution < 1.29 is 26.3 Å². The van der Waals surface area contributed by atoms with Crippen LogP contribution in [0.15, 0.2) is 0 Å². The summed E-state index contributed by atoms with van der Waals surface area (Å²) < 4.78 is 75.6. The molecule has 0 bridgehead atoms. The fraction of sp³-hybridized carbons (Fsp3) is 0.833. The topological polar surface area (TPSA) is 12.0 Å². The predicted octanol–water partition coefficient (Wildman–Crippen LogP) is 3.90. The second-order valence-electron chi connectivity index (χ2n) is 4.22. The van der Waals surface area contributed by atoms with E-state index in [1.807, 2.05) is 0 Å². The Balaban J connectivity index is 4.97. The van der Waals surface area contributed by atoms with Gasteiger partial charge in [0.05, 0.1) is 0 Å². The molecule has 0 amide bonds. The van der Waals surface area contributed by atoms with Gasteiger partial charge < -0.3 is 5.32 Å². The molecule has 0 radical (unpaired) electrons. The highest BCUT2D eigenvalue weighted by Crippen LogP contribution is 2.42. The van der Waals surface area contributed by atoms with Gasteiger partial charge in [0, 0.05) is 12.5 Å². The Morgan fingerprint density at radius 1 is 1.11 bits per heavy atom. The molecule has 0 rings (SSSR count). The number of halogens is 6. The molecule has 0 heterocycles. The van der Waals surface area contributed by atoms with Crippen LogP contribution in [0.1, 0.15) is 32.6 Å². The van der Waals surface area contributed by atoms with Gasteiger partial charge in [0.2, 0.25) is 0 Å². The molecule has 0 saturated heterocycles. The van der Waals surface area contributed by atoms with Gasteiger partial charge in [-0.25, -0.2) is 0 Å². The van der Waals surface area contributed by atoms with Crippen LogP contribution in [0.2, 0.25) is 0 Å². The van der Waals surface area contributed by atoms with Crippen LogP contribution in [-0.2, 0) is 0 Å². The Morgan fingerprint density at radius 2 is 1.63 bits per heavy atom. The van der Waals surface area contributed by atoms with Gasteiger partial charge in [-0.3, -0.25) is 0 Å². The van der Waals surface area contributed by atoms with E-state index in [0.717, 1.165) is 0 Å². The van der Waals surface area contributed by atoms with Crippen LogP contribution in [0, 0.1) is 18.3 Å². The molecule has 0 aliphatic rings.